The van der Waals surface area contributed by atoms with Gasteiger partial charge in [0.2, 0.25) is 5.91 Å². The predicted molar refractivity (Wildman–Crippen MR) is 104 cm³/mol. The van der Waals surface area contributed by atoms with Crippen molar-refractivity contribution in [2.75, 3.05) is 16.8 Å². The van der Waals surface area contributed by atoms with Crippen LogP contribution < -0.4 is 10.2 Å². The van der Waals surface area contributed by atoms with Crippen LogP contribution in [0.3, 0.4) is 0 Å². The number of nitrogens with zero attached hydrogens (tertiary/aromatic N) is 4. The van der Waals surface area contributed by atoms with Crippen molar-refractivity contribution in [2.45, 2.75) is 26.2 Å². The van der Waals surface area contributed by atoms with Crippen molar-refractivity contribution in [1.82, 2.24) is 20.6 Å². The Kier molecular flexibility index (Phi) is 4.84. The highest BCUT2D eigenvalue weighted by atomic mass is 16.2. The third-order valence-electron chi connectivity index (χ3n) is 4.72. The SMILES string of the molecule is Cc1ccc(N2CCCC2=O)c(C(=O)Nc2ccc(Cc3nn[nH]n3)cc2)c1. The number of carbonyl (C=O) groups excluding carboxylic acids is 2. The maximum atomic E-state index is 12.9. The summed E-state index contributed by atoms with van der Waals surface area (Å²) in [4.78, 5) is 26.7. The number of amides is 2. The summed E-state index contributed by atoms with van der Waals surface area (Å²) >= 11 is 0. The maximum Gasteiger partial charge on any atom is 0.257 e. The van der Waals surface area contributed by atoms with Crippen molar-refractivity contribution in [3.05, 3.63) is 65.0 Å². The average molecular weight is 376 g/mol. The number of aromatic nitrogens is 4. The van der Waals surface area contributed by atoms with Crippen LogP contribution in [0.25, 0.3) is 0 Å². The van der Waals surface area contributed by atoms with E-state index in [4.69, 9.17) is 0 Å². The fraction of sp³-hybridized carbons (Fsp3) is 0.250. The zero-order valence-corrected chi connectivity index (χ0v) is 15.5. The van der Waals surface area contributed by atoms with E-state index < -0.39 is 0 Å². The Hall–Kier alpha value is -3.55. The van der Waals surface area contributed by atoms with Crippen LogP contribution >= 0.6 is 0 Å². The fourth-order valence-corrected chi connectivity index (χ4v) is 3.31. The molecule has 2 aromatic carbocycles. The van der Waals surface area contributed by atoms with E-state index in [1.165, 1.54) is 0 Å². The quantitative estimate of drug-likeness (QED) is 0.712. The van der Waals surface area contributed by atoms with Gasteiger partial charge >= 0.3 is 0 Å². The maximum absolute atomic E-state index is 12.9. The fourth-order valence-electron chi connectivity index (χ4n) is 3.31. The van der Waals surface area contributed by atoms with Gasteiger partial charge in [-0.05, 0) is 43.2 Å². The van der Waals surface area contributed by atoms with E-state index >= 15 is 0 Å². The smallest absolute Gasteiger partial charge is 0.257 e. The van der Waals surface area contributed by atoms with E-state index in [2.05, 4.69) is 25.9 Å². The molecule has 2 N–H and O–H groups in total. The van der Waals surface area contributed by atoms with Gasteiger partial charge in [0.05, 0.1) is 11.3 Å². The van der Waals surface area contributed by atoms with Gasteiger partial charge in [0.15, 0.2) is 5.82 Å². The summed E-state index contributed by atoms with van der Waals surface area (Å²) in [5.74, 6) is 0.435. The highest BCUT2D eigenvalue weighted by molar-refractivity contribution is 6.11. The first-order valence-electron chi connectivity index (χ1n) is 9.14. The number of tetrazole rings is 1. The number of aryl methyl sites for hydroxylation is 1. The molecule has 1 fully saturated rings. The van der Waals surface area contributed by atoms with Crippen molar-refractivity contribution in [2.24, 2.45) is 0 Å². The number of H-pyrrole nitrogens is 1. The number of nitrogens with one attached hydrogen (secondary N) is 2. The molecular weight excluding hydrogens is 356 g/mol. The van der Waals surface area contributed by atoms with Crippen molar-refractivity contribution >= 4 is 23.2 Å². The molecular formula is C20H20N6O2. The van der Waals surface area contributed by atoms with Gasteiger partial charge in [-0.15, -0.1) is 10.2 Å². The molecule has 8 nitrogen and oxygen atoms in total. The van der Waals surface area contributed by atoms with Crippen LogP contribution in [0, 0.1) is 6.92 Å². The van der Waals surface area contributed by atoms with E-state index in [1.807, 2.05) is 49.4 Å². The second-order valence-corrected chi connectivity index (χ2v) is 6.83. The van der Waals surface area contributed by atoms with Crippen LogP contribution in [0.4, 0.5) is 11.4 Å². The Bertz CT molecular complexity index is 998. The monoisotopic (exact) mass is 376 g/mol. The topological polar surface area (TPSA) is 104 Å². The van der Waals surface area contributed by atoms with Gasteiger partial charge in [-0.1, -0.05) is 29.0 Å². The summed E-state index contributed by atoms with van der Waals surface area (Å²) in [6, 6.07) is 13.1. The van der Waals surface area contributed by atoms with Crippen LogP contribution in [0.5, 0.6) is 0 Å². The zero-order valence-electron chi connectivity index (χ0n) is 15.5. The highest BCUT2D eigenvalue weighted by Gasteiger charge is 2.26. The Morgan fingerprint density at radius 2 is 2.04 bits per heavy atom. The zero-order chi connectivity index (χ0) is 19.5. The van der Waals surface area contributed by atoms with Gasteiger partial charge in [-0.25, -0.2) is 0 Å². The molecule has 0 unspecified atom stereocenters. The van der Waals surface area contributed by atoms with Crippen LogP contribution in [-0.2, 0) is 11.2 Å². The average Bonchev–Trinajstić information content (AvgIpc) is 3.35. The molecule has 28 heavy (non-hydrogen) atoms. The molecule has 1 aromatic heterocycles. The van der Waals surface area contributed by atoms with Gasteiger partial charge in [0.25, 0.3) is 5.91 Å². The predicted octanol–water partition coefficient (Wildman–Crippen LogP) is 2.48. The number of hydrogen-bond donors (Lipinski definition) is 2. The van der Waals surface area contributed by atoms with Gasteiger partial charge in [0, 0.05) is 25.1 Å². The standard InChI is InChI=1S/C20H20N6O2/c1-13-4-9-17(26-10-2-3-19(26)27)16(11-13)20(28)21-15-7-5-14(6-8-15)12-18-22-24-25-23-18/h4-9,11H,2-3,10,12H2,1H3,(H,21,28)(H,22,23,24,25). The lowest BCUT2D eigenvalue weighted by molar-refractivity contribution is -0.117. The molecule has 0 spiro atoms. The van der Waals surface area contributed by atoms with Crippen LogP contribution in [-0.4, -0.2) is 39.0 Å². The summed E-state index contributed by atoms with van der Waals surface area (Å²) in [5, 5.41) is 16.8. The number of rotatable bonds is 5. The van der Waals surface area contributed by atoms with Crippen LogP contribution in [0.2, 0.25) is 0 Å². The second-order valence-electron chi connectivity index (χ2n) is 6.83. The molecule has 1 aliphatic rings. The number of carbonyl (C=O) groups is 2. The van der Waals surface area contributed by atoms with Crippen molar-refractivity contribution in [1.29, 1.82) is 0 Å². The molecule has 2 heterocycles. The molecule has 0 aliphatic carbocycles. The normalized spacial score (nSPS) is 13.8. The number of hydrogen-bond acceptors (Lipinski definition) is 5. The Labute approximate surface area is 162 Å². The summed E-state index contributed by atoms with van der Waals surface area (Å²) in [5.41, 5.74) is 3.84. The van der Waals surface area contributed by atoms with E-state index in [1.54, 1.807) is 4.90 Å². The summed E-state index contributed by atoms with van der Waals surface area (Å²) < 4.78 is 0. The van der Waals surface area contributed by atoms with Gasteiger partial charge < -0.3 is 10.2 Å². The first-order valence-corrected chi connectivity index (χ1v) is 9.14. The van der Waals surface area contributed by atoms with E-state index in [9.17, 15) is 9.59 Å². The van der Waals surface area contributed by atoms with Crippen molar-refractivity contribution in [3.8, 4) is 0 Å². The summed E-state index contributed by atoms with van der Waals surface area (Å²) in [6.07, 6.45) is 1.90. The van der Waals surface area contributed by atoms with Crippen LogP contribution in [0.15, 0.2) is 42.5 Å². The van der Waals surface area contributed by atoms with E-state index in [0.29, 0.717) is 42.1 Å². The van der Waals surface area contributed by atoms with Crippen LogP contribution in [0.1, 0.15) is 40.2 Å². The van der Waals surface area contributed by atoms with E-state index in [-0.39, 0.29) is 11.8 Å². The first kappa shape index (κ1) is 17.8. The number of benzene rings is 2. The molecule has 0 bridgehead atoms. The third kappa shape index (κ3) is 3.75. The molecule has 0 atom stereocenters. The lowest BCUT2D eigenvalue weighted by atomic mass is 10.1. The largest absolute Gasteiger partial charge is 0.322 e. The minimum atomic E-state index is -0.232. The minimum absolute atomic E-state index is 0.0590. The summed E-state index contributed by atoms with van der Waals surface area (Å²) in [6.45, 7) is 2.58. The molecule has 4 rings (SSSR count). The summed E-state index contributed by atoms with van der Waals surface area (Å²) in [7, 11) is 0. The minimum Gasteiger partial charge on any atom is -0.322 e. The third-order valence-corrected chi connectivity index (χ3v) is 4.72. The van der Waals surface area contributed by atoms with Crippen molar-refractivity contribution < 1.29 is 9.59 Å². The first-order chi connectivity index (χ1) is 13.6. The van der Waals surface area contributed by atoms with Gasteiger partial charge in [0.1, 0.15) is 0 Å². The highest BCUT2D eigenvalue weighted by Crippen LogP contribution is 2.27. The second kappa shape index (κ2) is 7.59. The number of aromatic amines is 1. The molecule has 1 saturated heterocycles. The molecule has 0 saturated carbocycles. The lowest BCUT2D eigenvalue weighted by Crippen LogP contribution is -2.27. The van der Waals surface area contributed by atoms with Gasteiger partial charge in [-0.2, -0.15) is 5.21 Å². The Balaban J connectivity index is 1.52. The molecule has 8 heteroatoms. The molecule has 2 amide bonds. The molecule has 3 aromatic rings. The Morgan fingerprint density at radius 1 is 1.21 bits per heavy atom. The Morgan fingerprint density at radius 3 is 2.71 bits per heavy atom. The molecule has 0 radical (unpaired) electrons. The molecule has 142 valence electrons. The lowest BCUT2D eigenvalue weighted by Gasteiger charge is -2.20. The van der Waals surface area contributed by atoms with Gasteiger partial charge in [-0.3, -0.25) is 9.59 Å². The number of anilines is 2. The molecule has 1 aliphatic heterocycles. The van der Waals surface area contributed by atoms with Crippen molar-refractivity contribution in [3.63, 3.8) is 0 Å². The van der Waals surface area contributed by atoms with E-state index in [0.717, 1.165) is 17.5 Å².